The molecule has 0 fully saturated rings. The number of rotatable bonds is 2. The topological polar surface area (TPSA) is 71.3 Å². The number of hydrogen-bond donors (Lipinski definition) is 2. The lowest BCUT2D eigenvalue weighted by atomic mass is 10.1. The van der Waals surface area contributed by atoms with Crippen LogP contribution in [0, 0.1) is 13.8 Å². The van der Waals surface area contributed by atoms with Crippen LogP contribution in [0.25, 0.3) is 0 Å². The first-order valence-corrected chi connectivity index (χ1v) is 4.55. The van der Waals surface area contributed by atoms with E-state index in [-0.39, 0.29) is 11.1 Å². The molecule has 0 aliphatic rings. The Morgan fingerprint density at radius 3 is 2.67 bits per heavy atom. The van der Waals surface area contributed by atoms with E-state index < -0.39 is 12.6 Å². The maximum atomic E-state index is 11.7. The van der Waals surface area contributed by atoms with Crippen molar-refractivity contribution in [1.29, 1.82) is 0 Å². The lowest BCUT2D eigenvalue weighted by Crippen LogP contribution is -2.34. The Hall–Kier alpha value is -1.62. The molecule has 5 nitrogen and oxygen atoms in total. The predicted molar refractivity (Wildman–Crippen MR) is 55.7 cm³/mol. The average molecular weight is 210 g/mol. The number of nitrogens with one attached hydrogen (secondary N) is 1. The molecule has 5 heteroatoms. The van der Waals surface area contributed by atoms with Crippen LogP contribution in [0.2, 0.25) is 0 Å². The van der Waals surface area contributed by atoms with Gasteiger partial charge in [0.05, 0.1) is 0 Å². The summed E-state index contributed by atoms with van der Waals surface area (Å²) in [5, 5.41) is 10.8. The minimum atomic E-state index is -0.546. The molecule has 0 spiro atoms. The van der Waals surface area contributed by atoms with Gasteiger partial charge in [0, 0.05) is 12.7 Å². The molecule has 82 valence electrons. The fourth-order valence-corrected chi connectivity index (χ4v) is 1.42. The molecule has 1 rings (SSSR count). The van der Waals surface area contributed by atoms with Crippen LogP contribution >= 0.6 is 0 Å². The van der Waals surface area contributed by atoms with Gasteiger partial charge < -0.3 is 15.0 Å². The summed E-state index contributed by atoms with van der Waals surface area (Å²) >= 11 is 0. The summed E-state index contributed by atoms with van der Waals surface area (Å²) in [6.07, 6.45) is 0. The van der Waals surface area contributed by atoms with E-state index in [0.717, 1.165) is 5.69 Å². The molecule has 1 heterocycles. The maximum absolute atomic E-state index is 11.7. The van der Waals surface area contributed by atoms with E-state index in [4.69, 9.17) is 5.11 Å². The Bertz CT molecular complexity index is 449. The molecule has 0 bridgehead atoms. The fraction of sp³-hybridized carbons (Fsp3) is 0.400. The van der Waals surface area contributed by atoms with Crippen molar-refractivity contribution in [2.45, 2.75) is 13.8 Å². The molecule has 0 saturated heterocycles. The molecule has 1 aromatic rings. The van der Waals surface area contributed by atoms with Crippen molar-refractivity contribution in [3.8, 4) is 0 Å². The van der Waals surface area contributed by atoms with Crippen LogP contribution in [0.5, 0.6) is 0 Å². The third kappa shape index (κ3) is 2.07. The minimum Gasteiger partial charge on any atom is -0.376 e. The number of carbonyl (C=O) groups excluding carboxylic acids is 1. The number of pyridine rings is 1. The van der Waals surface area contributed by atoms with Crippen molar-refractivity contribution in [3.05, 3.63) is 33.2 Å². The van der Waals surface area contributed by atoms with Gasteiger partial charge in [-0.2, -0.15) is 0 Å². The number of amides is 1. The first-order valence-electron chi connectivity index (χ1n) is 4.55. The van der Waals surface area contributed by atoms with Crippen molar-refractivity contribution in [1.82, 2.24) is 9.88 Å². The van der Waals surface area contributed by atoms with Crippen LogP contribution in [0.15, 0.2) is 10.9 Å². The molecule has 2 N–H and O–H groups in total. The number of aliphatic hydroxyl groups is 1. The van der Waals surface area contributed by atoms with Gasteiger partial charge in [-0.15, -0.1) is 0 Å². The lowest BCUT2D eigenvalue weighted by molar-refractivity contribution is 0.0907. The SMILES string of the molecule is Cc1cc(C)n(C)c(=O)c1C(=O)NCO. The number of hydrogen-bond acceptors (Lipinski definition) is 3. The van der Waals surface area contributed by atoms with Gasteiger partial charge in [-0.1, -0.05) is 0 Å². The van der Waals surface area contributed by atoms with Gasteiger partial charge in [0.25, 0.3) is 11.5 Å². The van der Waals surface area contributed by atoms with E-state index in [1.165, 1.54) is 4.57 Å². The molecule has 0 aliphatic heterocycles. The van der Waals surface area contributed by atoms with E-state index in [1.807, 2.05) is 0 Å². The second-order valence-electron chi connectivity index (χ2n) is 3.37. The highest BCUT2D eigenvalue weighted by atomic mass is 16.3. The molecule has 15 heavy (non-hydrogen) atoms. The Balaban J connectivity index is 3.36. The van der Waals surface area contributed by atoms with Gasteiger partial charge in [0.1, 0.15) is 12.3 Å². The molecule has 0 aliphatic carbocycles. The van der Waals surface area contributed by atoms with Gasteiger partial charge in [0.2, 0.25) is 0 Å². The third-order valence-corrected chi connectivity index (χ3v) is 2.33. The zero-order chi connectivity index (χ0) is 11.6. The van der Waals surface area contributed by atoms with Gasteiger partial charge in [0.15, 0.2) is 0 Å². The lowest BCUT2D eigenvalue weighted by Gasteiger charge is -2.09. The highest BCUT2D eigenvalue weighted by Gasteiger charge is 2.15. The highest BCUT2D eigenvalue weighted by Crippen LogP contribution is 2.04. The van der Waals surface area contributed by atoms with E-state index in [0.29, 0.717) is 5.56 Å². The van der Waals surface area contributed by atoms with Crippen molar-refractivity contribution in [3.63, 3.8) is 0 Å². The molecule has 0 radical (unpaired) electrons. The molecule has 0 unspecified atom stereocenters. The van der Waals surface area contributed by atoms with E-state index in [2.05, 4.69) is 5.32 Å². The maximum Gasteiger partial charge on any atom is 0.263 e. The Morgan fingerprint density at radius 1 is 1.53 bits per heavy atom. The number of aliphatic hydroxyl groups excluding tert-OH is 1. The fourth-order valence-electron chi connectivity index (χ4n) is 1.42. The second-order valence-corrected chi connectivity index (χ2v) is 3.37. The van der Waals surface area contributed by atoms with Crippen LogP contribution in [0.3, 0.4) is 0 Å². The summed E-state index contributed by atoms with van der Waals surface area (Å²) in [7, 11) is 1.60. The number of carbonyl (C=O) groups is 1. The second kappa shape index (κ2) is 4.27. The highest BCUT2D eigenvalue weighted by molar-refractivity contribution is 5.95. The Kier molecular flexibility index (Phi) is 3.26. The quantitative estimate of drug-likeness (QED) is 0.657. The first kappa shape index (κ1) is 11.5. The molecule has 0 saturated carbocycles. The smallest absolute Gasteiger partial charge is 0.263 e. The van der Waals surface area contributed by atoms with E-state index in [9.17, 15) is 9.59 Å². The zero-order valence-electron chi connectivity index (χ0n) is 9.00. The van der Waals surface area contributed by atoms with Crippen molar-refractivity contribution in [2.24, 2.45) is 7.05 Å². The van der Waals surface area contributed by atoms with Crippen LogP contribution < -0.4 is 10.9 Å². The van der Waals surface area contributed by atoms with E-state index in [1.54, 1.807) is 27.0 Å². The van der Waals surface area contributed by atoms with E-state index >= 15 is 0 Å². The summed E-state index contributed by atoms with van der Waals surface area (Å²) in [5.41, 5.74) is 1.13. The zero-order valence-corrected chi connectivity index (χ0v) is 9.00. The largest absolute Gasteiger partial charge is 0.376 e. The van der Waals surface area contributed by atoms with Gasteiger partial charge in [-0.05, 0) is 25.5 Å². The van der Waals surface area contributed by atoms with Crippen molar-refractivity contribution < 1.29 is 9.90 Å². The number of aromatic nitrogens is 1. The van der Waals surface area contributed by atoms with Crippen LogP contribution in [0.1, 0.15) is 21.6 Å². The molecule has 0 atom stereocenters. The molecule has 1 aromatic heterocycles. The third-order valence-electron chi connectivity index (χ3n) is 2.33. The van der Waals surface area contributed by atoms with Crippen LogP contribution in [0.4, 0.5) is 0 Å². The number of nitrogens with zero attached hydrogens (tertiary/aromatic N) is 1. The molecule has 1 amide bonds. The van der Waals surface area contributed by atoms with Crippen LogP contribution in [-0.4, -0.2) is 22.3 Å². The Morgan fingerprint density at radius 2 is 2.13 bits per heavy atom. The van der Waals surface area contributed by atoms with Gasteiger partial charge in [-0.3, -0.25) is 9.59 Å². The minimum absolute atomic E-state index is 0.0807. The average Bonchev–Trinajstić information content (AvgIpc) is 2.15. The standard InChI is InChI=1S/C10H14N2O3/c1-6-4-7(2)12(3)10(15)8(6)9(14)11-5-13/h4,13H,5H2,1-3H3,(H,11,14). The van der Waals surface area contributed by atoms with Gasteiger partial charge in [-0.25, -0.2) is 0 Å². The summed E-state index contributed by atoms with van der Waals surface area (Å²) in [6.45, 7) is 3.01. The van der Waals surface area contributed by atoms with Gasteiger partial charge >= 0.3 is 0 Å². The predicted octanol–water partition coefficient (Wildman–Crippen LogP) is -0.318. The van der Waals surface area contributed by atoms with Crippen molar-refractivity contribution >= 4 is 5.91 Å². The summed E-state index contributed by atoms with van der Waals surface area (Å²) in [5.74, 6) is -0.546. The first-order chi connectivity index (χ1) is 6.99. The summed E-state index contributed by atoms with van der Waals surface area (Å²) in [4.78, 5) is 23.2. The summed E-state index contributed by atoms with van der Waals surface area (Å²) < 4.78 is 1.40. The summed E-state index contributed by atoms with van der Waals surface area (Å²) in [6, 6.07) is 1.76. The Labute approximate surface area is 87.4 Å². The monoisotopic (exact) mass is 210 g/mol. The van der Waals surface area contributed by atoms with Crippen LogP contribution in [-0.2, 0) is 7.05 Å². The normalized spacial score (nSPS) is 10.1. The van der Waals surface area contributed by atoms with Crippen molar-refractivity contribution in [2.75, 3.05) is 6.73 Å². The molecular formula is C10H14N2O3. The molecular weight excluding hydrogens is 196 g/mol. The molecule has 0 aromatic carbocycles. The number of aryl methyl sites for hydroxylation is 2.